The fourth-order valence-electron chi connectivity index (χ4n) is 2.79. The second-order valence-corrected chi connectivity index (χ2v) is 5.93. The molecule has 0 radical (unpaired) electrons. The molecule has 2 aromatic rings. The summed E-state index contributed by atoms with van der Waals surface area (Å²) in [6.45, 7) is 1.02. The van der Waals surface area contributed by atoms with Gasteiger partial charge in [0, 0.05) is 19.1 Å². The topological polar surface area (TPSA) is 78.9 Å². The quantitative estimate of drug-likeness (QED) is 0.900. The van der Waals surface area contributed by atoms with Crippen LogP contribution in [0.1, 0.15) is 23.2 Å². The molecule has 0 saturated carbocycles. The van der Waals surface area contributed by atoms with Gasteiger partial charge in [0.2, 0.25) is 0 Å². The number of para-hydroxylation sites is 2. The number of phenolic OH excluding ortho intramolecular Hbond substituents is 1. The molecule has 1 heterocycles. The van der Waals surface area contributed by atoms with Gasteiger partial charge in [-0.25, -0.2) is 4.79 Å². The van der Waals surface area contributed by atoms with Crippen molar-refractivity contribution in [3.63, 3.8) is 0 Å². The Hall–Kier alpha value is -3.02. The number of nitrogens with one attached hydrogen (secondary N) is 1. The van der Waals surface area contributed by atoms with E-state index in [1.807, 2.05) is 18.2 Å². The lowest BCUT2D eigenvalue weighted by Crippen LogP contribution is -2.47. The van der Waals surface area contributed by atoms with E-state index in [0.29, 0.717) is 31.7 Å². The van der Waals surface area contributed by atoms with Gasteiger partial charge in [-0.15, -0.1) is 0 Å². The number of benzene rings is 2. The van der Waals surface area contributed by atoms with Crippen molar-refractivity contribution in [2.75, 3.05) is 13.1 Å². The van der Waals surface area contributed by atoms with Gasteiger partial charge >= 0.3 is 6.09 Å². The molecule has 0 spiro atoms. The van der Waals surface area contributed by atoms with Crippen LogP contribution in [0.4, 0.5) is 4.79 Å². The van der Waals surface area contributed by atoms with Crippen LogP contribution >= 0.6 is 0 Å². The van der Waals surface area contributed by atoms with Crippen molar-refractivity contribution in [1.29, 1.82) is 0 Å². The maximum absolute atomic E-state index is 12.2. The predicted octanol–water partition coefficient (Wildman–Crippen LogP) is 2.79. The van der Waals surface area contributed by atoms with Gasteiger partial charge in [-0.05, 0) is 37.1 Å². The van der Waals surface area contributed by atoms with Crippen molar-refractivity contribution in [3.05, 3.63) is 60.2 Å². The summed E-state index contributed by atoms with van der Waals surface area (Å²) in [5.74, 6) is 0.176. The first-order valence-corrected chi connectivity index (χ1v) is 8.24. The van der Waals surface area contributed by atoms with Gasteiger partial charge in [0.05, 0.1) is 5.56 Å². The minimum absolute atomic E-state index is 0.0344. The second kappa shape index (κ2) is 7.70. The Morgan fingerprint density at radius 2 is 1.64 bits per heavy atom. The highest BCUT2D eigenvalue weighted by molar-refractivity contribution is 5.96. The lowest BCUT2D eigenvalue weighted by molar-refractivity contribution is 0.0907. The average molecular weight is 340 g/mol. The largest absolute Gasteiger partial charge is 0.507 e. The number of phenols is 1. The number of likely N-dealkylation sites (tertiary alicyclic amines) is 1. The molecule has 3 rings (SSSR count). The van der Waals surface area contributed by atoms with Crippen LogP contribution in [0, 0.1) is 0 Å². The van der Waals surface area contributed by atoms with E-state index in [2.05, 4.69) is 5.32 Å². The zero-order valence-electron chi connectivity index (χ0n) is 13.7. The number of carbonyl (C=O) groups is 2. The summed E-state index contributed by atoms with van der Waals surface area (Å²) in [5.41, 5.74) is 0.258. The first-order chi connectivity index (χ1) is 12.1. The molecular formula is C19H20N2O4. The maximum Gasteiger partial charge on any atom is 0.415 e. The molecule has 1 saturated heterocycles. The Morgan fingerprint density at radius 1 is 1.00 bits per heavy atom. The third-order valence-corrected chi connectivity index (χ3v) is 4.19. The van der Waals surface area contributed by atoms with Crippen LogP contribution in [-0.4, -0.2) is 41.1 Å². The standard InChI is InChI=1S/C19H20N2O4/c22-17-9-5-4-8-16(17)18(23)20-14-10-12-21(13-11-14)19(24)25-15-6-2-1-3-7-15/h1-9,14,22H,10-13H2,(H,20,23). The average Bonchev–Trinajstić information content (AvgIpc) is 2.63. The molecule has 1 aliphatic heterocycles. The minimum Gasteiger partial charge on any atom is -0.507 e. The van der Waals surface area contributed by atoms with E-state index in [1.54, 1.807) is 35.2 Å². The number of hydrogen-bond donors (Lipinski definition) is 2. The molecule has 0 bridgehead atoms. The zero-order valence-corrected chi connectivity index (χ0v) is 13.7. The predicted molar refractivity (Wildman–Crippen MR) is 92.6 cm³/mol. The first kappa shape index (κ1) is 16.8. The van der Waals surface area contributed by atoms with Gasteiger partial charge in [0.1, 0.15) is 11.5 Å². The van der Waals surface area contributed by atoms with E-state index in [0.717, 1.165) is 0 Å². The highest BCUT2D eigenvalue weighted by Crippen LogP contribution is 2.18. The van der Waals surface area contributed by atoms with Gasteiger partial charge < -0.3 is 20.1 Å². The Balaban J connectivity index is 1.49. The van der Waals surface area contributed by atoms with Crippen LogP contribution in [-0.2, 0) is 0 Å². The highest BCUT2D eigenvalue weighted by atomic mass is 16.6. The lowest BCUT2D eigenvalue weighted by atomic mass is 10.0. The van der Waals surface area contributed by atoms with Crippen molar-refractivity contribution in [2.24, 2.45) is 0 Å². The number of aromatic hydroxyl groups is 1. The number of piperidine rings is 1. The summed E-state index contributed by atoms with van der Waals surface area (Å²) in [4.78, 5) is 26.0. The Morgan fingerprint density at radius 3 is 2.32 bits per heavy atom. The van der Waals surface area contributed by atoms with E-state index in [1.165, 1.54) is 6.07 Å². The Kier molecular flexibility index (Phi) is 5.18. The number of hydrogen-bond acceptors (Lipinski definition) is 4. The molecule has 0 unspecified atom stereocenters. The molecule has 2 amide bonds. The van der Waals surface area contributed by atoms with Gasteiger partial charge in [0.15, 0.2) is 0 Å². The Labute approximate surface area is 146 Å². The molecule has 0 atom stereocenters. The fraction of sp³-hybridized carbons (Fsp3) is 0.263. The third kappa shape index (κ3) is 4.29. The summed E-state index contributed by atoms with van der Waals surface area (Å²) in [6.07, 6.45) is 0.906. The molecule has 0 aliphatic carbocycles. The van der Waals surface area contributed by atoms with Crippen LogP contribution < -0.4 is 10.1 Å². The number of amides is 2. The number of nitrogens with zero attached hydrogens (tertiary/aromatic N) is 1. The van der Waals surface area contributed by atoms with E-state index in [4.69, 9.17) is 4.74 Å². The van der Waals surface area contributed by atoms with E-state index in [-0.39, 0.29) is 29.4 Å². The van der Waals surface area contributed by atoms with Crippen molar-refractivity contribution >= 4 is 12.0 Å². The third-order valence-electron chi connectivity index (χ3n) is 4.19. The summed E-state index contributed by atoms with van der Waals surface area (Å²) < 4.78 is 5.32. The molecule has 2 N–H and O–H groups in total. The van der Waals surface area contributed by atoms with Crippen molar-refractivity contribution < 1.29 is 19.4 Å². The van der Waals surface area contributed by atoms with E-state index in [9.17, 15) is 14.7 Å². The monoisotopic (exact) mass is 340 g/mol. The van der Waals surface area contributed by atoms with Gasteiger partial charge in [0.25, 0.3) is 5.91 Å². The van der Waals surface area contributed by atoms with E-state index >= 15 is 0 Å². The van der Waals surface area contributed by atoms with Gasteiger partial charge in [-0.3, -0.25) is 4.79 Å². The van der Waals surface area contributed by atoms with Crippen molar-refractivity contribution in [1.82, 2.24) is 10.2 Å². The molecule has 25 heavy (non-hydrogen) atoms. The van der Waals surface area contributed by atoms with Crippen molar-refractivity contribution in [3.8, 4) is 11.5 Å². The van der Waals surface area contributed by atoms with Crippen LogP contribution in [0.25, 0.3) is 0 Å². The molecule has 0 aromatic heterocycles. The summed E-state index contributed by atoms with van der Waals surface area (Å²) in [5, 5.41) is 12.6. The van der Waals surface area contributed by atoms with Crippen molar-refractivity contribution in [2.45, 2.75) is 18.9 Å². The number of rotatable bonds is 3. The summed E-state index contributed by atoms with van der Waals surface area (Å²) >= 11 is 0. The van der Waals surface area contributed by atoms with Crippen LogP contribution in [0.2, 0.25) is 0 Å². The number of ether oxygens (including phenoxy) is 1. The fourth-order valence-corrected chi connectivity index (χ4v) is 2.79. The first-order valence-electron chi connectivity index (χ1n) is 8.24. The molecule has 6 nitrogen and oxygen atoms in total. The van der Waals surface area contributed by atoms with E-state index < -0.39 is 0 Å². The lowest BCUT2D eigenvalue weighted by Gasteiger charge is -2.31. The SMILES string of the molecule is O=C(NC1CCN(C(=O)Oc2ccccc2)CC1)c1ccccc1O. The van der Waals surface area contributed by atoms with Gasteiger partial charge in [-0.1, -0.05) is 30.3 Å². The van der Waals surface area contributed by atoms with Crippen LogP contribution in [0.5, 0.6) is 11.5 Å². The molecular weight excluding hydrogens is 320 g/mol. The summed E-state index contributed by atoms with van der Waals surface area (Å²) in [7, 11) is 0. The zero-order chi connectivity index (χ0) is 17.6. The minimum atomic E-state index is -0.378. The second-order valence-electron chi connectivity index (χ2n) is 5.93. The maximum atomic E-state index is 12.2. The number of carbonyl (C=O) groups excluding carboxylic acids is 2. The smallest absolute Gasteiger partial charge is 0.415 e. The molecule has 6 heteroatoms. The Bertz CT molecular complexity index is 740. The molecule has 1 fully saturated rings. The normalized spacial score (nSPS) is 14.8. The van der Waals surface area contributed by atoms with Crippen LogP contribution in [0.3, 0.4) is 0 Å². The van der Waals surface area contributed by atoms with Gasteiger partial charge in [-0.2, -0.15) is 0 Å². The molecule has 1 aliphatic rings. The van der Waals surface area contributed by atoms with Crippen LogP contribution in [0.15, 0.2) is 54.6 Å². The highest BCUT2D eigenvalue weighted by Gasteiger charge is 2.25. The molecule has 130 valence electrons. The molecule has 2 aromatic carbocycles. The summed E-state index contributed by atoms with van der Waals surface area (Å²) in [6, 6.07) is 15.3.